The van der Waals surface area contributed by atoms with Gasteiger partial charge >= 0.3 is 0 Å². The summed E-state index contributed by atoms with van der Waals surface area (Å²) in [5, 5.41) is 2.88. The van der Waals surface area contributed by atoms with E-state index in [4.69, 9.17) is 4.74 Å². The number of nitrogens with zero attached hydrogens (tertiary/aromatic N) is 3. The van der Waals surface area contributed by atoms with Gasteiger partial charge in [0.05, 0.1) is 18.5 Å². The van der Waals surface area contributed by atoms with Gasteiger partial charge in [-0.05, 0) is 44.2 Å². The average molecular weight is 368 g/mol. The third-order valence-corrected chi connectivity index (χ3v) is 5.27. The molecule has 0 saturated carbocycles. The molecule has 3 heterocycles. The Balaban J connectivity index is 1.66. The van der Waals surface area contributed by atoms with Crippen LogP contribution in [0, 0.1) is 0 Å². The highest BCUT2D eigenvalue weighted by atomic mass is 16.5. The number of benzene rings is 1. The summed E-state index contributed by atoms with van der Waals surface area (Å²) in [5.41, 5.74) is 1.93. The molecule has 0 aliphatic carbocycles. The van der Waals surface area contributed by atoms with Gasteiger partial charge in [-0.25, -0.2) is 4.98 Å². The predicted molar refractivity (Wildman–Crippen MR) is 101 cm³/mol. The van der Waals surface area contributed by atoms with E-state index < -0.39 is 0 Å². The summed E-state index contributed by atoms with van der Waals surface area (Å²) < 4.78 is 7.22. The SMILES string of the molecule is COc1ccccc1NC(=O)c1nc(C(=O)N2CCCC2)c2n1CCCC2. The molecule has 7 nitrogen and oxygen atoms in total. The minimum atomic E-state index is -0.317. The van der Waals surface area contributed by atoms with Crippen molar-refractivity contribution in [3.05, 3.63) is 41.5 Å². The zero-order valence-electron chi connectivity index (χ0n) is 15.5. The van der Waals surface area contributed by atoms with Crippen LogP contribution in [0.15, 0.2) is 24.3 Å². The number of rotatable bonds is 4. The van der Waals surface area contributed by atoms with Crippen LogP contribution in [0.2, 0.25) is 0 Å². The maximum Gasteiger partial charge on any atom is 0.291 e. The molecular weight excluding hydrogens is 344 g/mol. The quantitative estimate of drug-likeness (QED) is 0.900. The van der Waals surface area contributed by atoms with Crippen molar-refractivity contribution in [1.82, 2.24) is 14.5 Å². The molecule has 2 amide bonds. The van der Waals surface area contributed by atoms with Gasteiger partial charge < -0.3 is 19.5 Å². The Kier molecular flexibility index (Phi) is 4.83. The van der Waals surface area contributed by atoms with Crippen molar-refractivity contribution in [1.29, 1.82) is 0 Å². The number of aromatic nitrogens is 2. The molecule has 4 rings (SSSR count). The highest BCUT2D eigenvalue weighted by Gasteiger charge is 2.31. The van der Waals surface area contributed by atoms with Crippen LogP contribution in [-0.2, 0) is 13.0 Å². The zero-order chi connectivity index (χ0) is 18.8. The number of para-hydroxylation sites is 2. The number of hydrogen-bond acceptors (Lipinski definition) is 4. The number of ether oxygens (including phenoxy) is 1. The number of carbonyl (C=O) groups is 2. The lowest BCUT2D eigenvalue weighted by Gasteiger charge is -2.19. The second kappa shape index (κ2) is 7.42. The van der Waals surface area contributed by atoms with Crippen molar-refractivity contribution in [2.45, 2.75) is 38.6 Å². The number of fused-ring (bicyclic) bond motifs is 1. The summed E-state index contributed by atoms with van der Waals surface area (Å²) in [5.74, 6) is 0.528. The lowest BCUT2D eigenvalue weighted by Crippen LogP contribution is -2.29. The number of carbonyl (C=O) groups excluding carboxylic acids is 2. The van der Waals surface area contributed by atoms with E-state index in [1.165, 1.54) is 0 Å². The molecule has 1 aromatic carbocycles. The molecule has 2 aliphatic rings. The maximum absolute atomic E-state index is 12.9. The van der Waals surface area contributed by atoms with E-state index in [0.717, 1.165) is 50.9 Å². The lowest BCUT2D eigenvalue weighted by atomic mass is 10.1. The Morgan fingerprint density at radius 3 is 2.59 bits per heavy atom. The molecule has 0 atom stereocenters. The minimum absolute atomic E-state index is 0.0468. The summed E-state index contributed by atoms with van der Waals surface area (Å²) in [4.78, 5) is 32.2. The largest absolute Gasteiger partial charge is 0.495 e. The van der Waals surface area contributed by atoms with Gasteiger partial charge in [0.15, 0.2) is 5.82 Å². The van der Waals surface area contributed by atoms with Crippen molar-refractivity contribution in [2.75, 3.05) is 25.5 Å². The van der Waals surface area contributed by atoms with E-state index >= 15 is 0 Å². The molecule has 0 spiro atoms. The zero-order valence-corrected chi connectivity index (χ0v) is 15.5. The fourth-order valence-corrected chi connectivity index (χ4v) is 3.88. The van der Waals surface area contributed by atoms with E-state index in [-0.39, 0.29) is 11.8 Å². The average Bonchev–Trinajstić information content (AvgIpc) is 3.36. The topological polar surface area (TPSA) is 76.5 Å². The molecule has 1 fully saturated rings. The van der Waals surface area contributed by atoms with Gasteiger partial charge in [-0.15, -0.1) is 0 Å². The van der Waals surface area contributed by atoms with E-state index in [2.05, 4.69) is 10.3 Å². The van der Waals surface area contributed by atoms with Crippen molar-refractivity contribution in [2.24, 2.45) is 0 Å². The van der Waals surface area contributed by atoms with Crippen LogP contribution >= 0.6 is 0 Å². The molecule has 27 heavy (non-hydrogen) atoms. The van der Waals surface area contributed by atoms with Gasteiger partial charge in [0.25, 0.3) is 11.8 Å². The van der Waals surface area contributed by atoms with Crippen molar-refractivity contribution >= 4 is 17.5 Å². The number of imidazole rings is 1. The molecule has 142 valence electrons. The molecule has 0 bridgehead atoms. The van der Waals surface area contributed by atoms with Crippen molar-refractivity contribution in [3.8, 4) is 5.75 Å². The number of anilines is 1. The van der Waals surface area contributed by atoms with E-state index in [9.17, 15) is 9.59 Å². The second-order valence-corrected chi connectivity index (χ2v) is 6.99. The number of amides is 2. The number of hydrogen-bond donors (Lipinski definition) is 1. The van der Waals surface area contributed by atoms with Gasteiger partial charge in [-0.2, -0.15) is 0 Å². The molecule has 2 aliphatic heterocycles. The van der Waals surface area contributed by atoms with Crippen LogP contribution in [-0.4, -0.2) is 46.5 Å². The monoisotopic (exact) mass is 368 g/mol. The summed E-state index contributed by atoms with van der Waals surface area (Å²) in [6.45, 7) is 2.26. The van der Waals surface area contributed by atoms with Crippen LogP contribution in [0.3, 0.4) is 0 Å². The molecule has 2 aromatic rings. The molecule has 0 unspecified atom stereocenters. The minimum Gasteiger partial charge on any atom is -0.495 e. The molecule has 0 radical (unpaired) electrons. The third-order valence-electron chi connectivity index (χ3n) is 5.27. The Hall–Kier alpha value is -2.83. The van der Waals surface area contributed by atoms with Gasteiger partial charge in [0, 0.05) is 19.6 Å². The van der Waals surface area contributed by atoms with E-state index in [0.29, 0.717) is 29.5 Å². The molecule has 1 N–H and O–H groups in total. The first kappa shape index (κ1) is 17.6. The first-order valence-corrected chi connectivity index (χ1v) is 9.52. The third kappa shape index (κ3) is 3.29. The highest BCUT2D eigenvalue weighted by Crippen LogP contribution is 2.26. The van der Waals surface area contributed by atoms with Crippen LogP contribution in [0.5, 0.6) is 5.75 Å². The molecule has 7 heteroatoms. The summed E-state index contributed by atoms with van der Waals surface area (Å²) >= 11 is 0. The summed E-state index contributed by atoms with van der Waals surface area (Å²) in [7, 11) is 1.56. The molecule has 1 aromatic heterocycles. The van der Waals surface area contributed by atoms with Crippen LogP contribution in [0.4, 0.5) is 5.69 Å². The second-order valence-electron chi connectivity index (χ2n) is 6.99. The van der Waals surface area contributed by atoms with Gasteiger partial charge in [-0.1, -0.05) is 12.1 Å². The standard InChI is InChI=1S/C20H24N4O3/c1-27-16-10-3-2-8-14(16)21-19(25)18-22-17(15-9-4-5-13-24(15)18)20(26)23-11-6-7-12-23/h2-3,8,10H,4-7,9,11-13H2,1H3,(H,21,25). The number of nitrogens with one attached hydrogen (secondary N) is 1. The fourth-order valence-electron chi connectivity index (χ4n) is 3.88. The Morgan fingerprint density at radius 1 is 1.07 bits per heavy atom. The normalized spacial score (nSPS) is 16.1. The number of methoxy groups -OCH3 is 1. The summed E-state index contributed by atoms with van der Waals surface area (Å²) in [6, 6.07) is 7.26. The van der Waals surface area contributed by atoms with Gasteiger partial charge in [0.2, 0.25) is 0 Å². The van der Waals surface area contributed by atoms with E-state index in [1.54, 1.807) is 19.2 Å². The first-order chi connectivity index (χ1) is 13.2. The van der Waals surface area contributed by atoms with Gasteiger partial charge in [-0.3, -0.25) is 9.59 Å². The fraction of sp³-hybridized carbons (Fsp3) is 0.450. The van der Waals surface area contributed by atoms with Crippen LogP contribution in [0.1, 0.15) is 52.5 Å². The number of likely N-dealkylation sites (tertiary alicyclic amines) is 1. The smallest absolute Gasteiger partial charge is 0.291 e. The molecular formula is C20H24N4O3. The van der Waals surface area contributed by atoms with Crippen LogP contribution in [0.25, 0.3) is 0 Å². The Bertz CT molecular complexity index is 868. The van der Waals surface area contributed by atoms with Crippen molar-refractivity contribution < 1.29 is 14.3 Å². The predicted octanol–water partition coefficient (Wildman–Crippen LogP) is 2.72. The Labute approximate surface area is 158 Å². The van der Waals surface area contributed by atoms with Crippen LogP contribution < -0.4 is 10.1 Å². The maximum atomic E-state index is 12.9. The summed E-state index contributed by atoms with van der Waals surface area (Å²) in [6.07, 6.45) is 4.84. The lowest BCUT2D eigenvalue weighted by molar-refractivity contribution is 0.0786. The van der Waals surface area contributed by atoms with E-state index in [1.807, 2.05) is 21.6 Å². The van der Waals surface area contributed by atoms with Gasteiger partial charge in [0.1, 0.15) is 11.4 Å². The Morgan fingerprint density at radius 2 is 1.81 bits per heavy atom. The van der Waals surface area contributed by atoms with Crippen molar-refractivity contribution in [3.63, 3.8) is 0 Å². The first-order valence-electron chi connectivity index (χ1n) is 9.52. The highest BCUT2D eigenvalue weighted by molar-refractivity contribution is 6.04. The molecule has 1 saturated heterocycles.